The van der Waals surface area contributed by atoms with Gasteiger partial charge in [0.05, 0.1) is 29.3 Å². The molecule has 0 aliphatic carbocycles. The van der Waals surface area contributed by atoms with Crippen LogP contribution in [0.25, 0.3) is 22.4 Å². The van der Waals surface area contributed by atoms with Crippen LogP contribution in [0, 0.1) is 0 Å². The third-order valence-corrected chi connectivity index (χ3v) is 4.50. The Morgan fingerprint density at radius 1 is 0.964 bits per heavy atom. The number of hydrogen-bond acceptors (Lipinski definition) is 4. The fourth-order valence-electron chi connectivity index (χ4n) is 3.05. The van der Waals surface area contributed by atoms with Gasteiger partial charge >= 0.3 is 5.97 Å². The van der Waals surface area contributed by atoms with Crippen molar-refractivity contribution in [2.45, 2.75) is 0 Å². The Morgan fingerprint density at radius 3 is 2.39 bits per heavy atom. The van der Waals surface area contributed by atoms with Crippen LogP contribution in [0.3, 0.4) is 0 Å². The molecule has 6 heteroatoms. The minimum atomic E-state index is -0.989. The zero-order chi connectivity index (χ0) is 19.7. The highest BCUT2D eigenvalue weighted by molar-refractivity contribution is 6.10. The van der Waals surface area contributed by atoms with Crippen molar-refractivity contribution in [3.05, 3.63) is 83.4 Å². The van der Waals surface area contributed by atoms with Gasteiger partial charge in [0, 0.05) is 11.1 Å². The number of carboxylic acids is 1. The number of nitrogens with one attached hydrogen (secondary N) is 1. The van der Waals surface area contributed by atoms with E-state index in [0.717, 1.165) is 5.56 Å². The van der Waals surface area contributed by atoms with Crippen molar-refractivity contribution in [3.8, 4) is 17.1 Å². The molecule has 0 bridgehead atoms. The molecule has 28 heavy (non-hydrogen) atoms. The molecule has 0 amide bonds. The van der Waals surface area contributed by atoms with Gasteiger partial charge in [0.15, 0.2) is 5.78 Å². The Bertz CT molecular complexity index is 1190. The van der Waals surface area contributed by atoms with Crippen LogP contribution in [0.1, 0.15) is 26.3 Å². The number of ketones is 1. The van der Waals surface area contributed by atoms with Gasteiger partial charge in [0.1, 0.15) is 11.6 Å². The molecule has 0 saturated carbocycles. The molecule has 1 heterocycles. The molecule has 3 aromatic carbocycles. The van der Waals surface area contributed by atoms with Crippen LogP contribution in [0.15, 0.2) is 66.7 Å². The number of fused-ring (bicyclic) bond motifs is 1. The van der Waals surface area contributed by atoms with Crippen LogP contribution in [-0.4, -0.2) is 33.9 Å². The number of rotatable bonds is 5. The van der Waals surface area contributed by atoms with E-state index in [9.17, 15) is 9.59 Å². The van der Waals surface area contributed by atoms with Gasteiger partial charge in [0.25, 0.3) is 0 Å². The second-order valence-electron chi connectivity index (χ2n) is 6.23. The highest BCUT2D eigenvalue weighted by atomic mass is 16.5. The number of benzene rings is 3. The van der Waals surface area contributed by atoms with Gasteiger partial charge in [-0.05, 0) is 30.3 Å². The van der Waals surface area contributed by atoms with Gasteiger partial charge < -0.3 is 14.8 Å². The molecule has 0 fully saturated rings. The summed E-state index contributed by atoms with van der Waals surface area (Å²) in [5.41, 5.74) is 3.35. The highest BCUT2D eigenvalue weighted by Crippen LogP contribution is 2.24. The van der Waals surface area contributed by atoms with Crippen LogP contribution in [0.5, 0.6) is 5.75 Å². The zero-order valence-electron chi connectivity index (χ0n) is 15.0. The minimum Gasteiger partial charge on any atom is -0.496 e. The fourth-order valence-corrected chi connectivity index (χ4v) is 3.05. The van der Waals surface area contributed by atoms with Crippen LogP contribution < -0.4 is 4.74 Å². The lowest BCUT2D eigenvalue weighted by Gasteiger charge is -2.07. The Hall–Kier alpha value is -3.93. The van der Waals surface area contributed by atoms with Crippen molar-refractivity contribution in [2.75, 3.05) is 7.11 Å². The number of H-pyrrole nitrogens is 1. The standard InChI is InChI=1S/C22H16N2O4/c1-28-19-5-3-2-4-16(19)20(25)13-6-8-14(9-7-13)21-23-17-11-10-15(22(26)27)12-18(17)24-21/h2-12H,1H3,(H,23,24)(H,26,27). The molecule has 6 nitrogen and oxygen atoms in total. The average Bonchev–Trinajstić information content (AvgIpc) is 3.16. The van der Waals surface area contributed by atoms with Crippen molar-refractivity contribution in [2.24, 2.45) is 0 Å². The number of nitrogens with zero attached hydrogens (tertiary/aromatic N) is 1. The number of aromatic carboxylic acids is 1. The van der Waals surface area contributed by atoms with E-state index in [-0.39, 0.29) is 11.3 Å². The maximum absolute atomic E-state index is 12.8. The van der Waals surface area contributed by atoms with Crippen molar-refractivity contribution in [3.63, 3.8) is 0 Å². The SMILES string of the molecule is COc1ccccc1C(=O)c1ccc(-c2nc3ccc(C(=O)O)cc3[nH]2)cc1. The minimum absolute atomic E-state index is 0.125. The van der Waals surface area contributed by atoms with E-state index in [1.807, 2.05) is 6.07 Å². The average molecular weight is 372 g/mol. The van der Waals surface area contributed by atoms with Crippen LogP contribution >= 0.6 is 0 Å². The van der Waals surface area contributed by atoms with Crippen molar-refractivity contribution < 1.29 is 19.4 Å². The first-order chi connectivity index (χ1) is 13.6. The molecule has 0 saturated heterocycles. The first-order valence-corrected chi connectivity index (χ1v) is 8.58. The first-order valence-electron chi connectivity index (χ1n) is 8.58. The molecule has 0 radical (unpaired) electrons. The summed E-state index contributed by atoms with van der Waals surface area (Å²) in [6.07, 6.45) is 0. The fraction of sp³-hybridized carbons (Fsp3) is 0.0455. The number of carboxylic acid groups (broad SMARTS) is 1. The number of para-hydroxylation sites is 1. The van der Waals surface area contributed by atoms with Gasteiger partial charge in [-0.3, -0.25) is 4.79 Å². The lowest BCUT2D eigenvalue weighted by atomic mass is 10.0. The third kappa shape index (κ3) is 3.12. The second kappa shape index (κ2) is 7.00. The smallest absolute Gasteiger partial charge is 0.335 e. The number of imidazole rings is 1. The molecule has 0 atom stereocenters. The largest absolute Gasteiger partial charge is 0.496 e. The monoisotopic (exact) mass is 372 g/mol. The lowest BCUT2D eigenvalue weighted by Crippen LogP contribution is -2.03. The molecular formula is C22H16N2O4. The predicted molar refractivity (Wildman–Crippen MR) is 105 cm³/mol. The first kappa shape index (κ1) is 17.5. The maximum atomic E-state index is 12.8. The van der Waals surface area contributed by atoms with Gasteiger partial charge in [-0.25, -0.2) is 9.78 Å². The molecule has 138 valence electrons. The van der Waals surface area contributed by atoms with E-state index in [2.05, 4.69) is 9.97 Å². The summed E-state index contributed by atoms with van der Waals surface area (Å²) in [5, 5.41) is 9.11. The van der Waals surface area contributed by atoms with Gasteiger partial charge in [-0.2, -0.15) is 0 Å². The van der Waals surface area contributed by atoms with Crippen LogP contribution in [0.2, 0.25) is 0 Å². The van der Waals surface area contributed by atoms with Crippen LogP contribution in [0.4, 0.5) is 0 Å². The molecule has 0 aliphatic rings. The summed E-state index contributed by atoms with van der Waals surface area (Å²) in [5.74, 6) is 0.0221. The van der Waals surface area contributed by atoms with E-state index in [0.29, 0.717) is 33.7 Å². The Morgan fingerprint density at radius 2 is 1.68 bits per heavy atom. The predicted octanol–water partition coefficient (Wildman–Crippen LogP) is 4.17. The van der Waals surface area contributed by atoms with Gasteiger partial charge in [0.2, 0.25) is 0 Å². The number of carbonyl (C=O) groups excluding carboxylic acids is 1. The topological polar surface area (TPSA) is 92.3 Å². The molecule has 0 spiro atoms. The van der Waals surface area contributed by atoms with E-state index in [1.165, 1.54) is 13.2 Å². The Kier molecular flexibility index (Phi) is 4.37. The lowest BCUT2D eigenvalue weighted by molar-refractivity contribution is 0.0697. The van der Waals surface area contributed by atoms with E-state index in [4.69, 9.17) is 9.84 Å². The summed E-state index contributed by atoms with van der Waals surface area (Å²) in [7, 11) is 1.53. The molecule has 2 N–H and O–H groups in total. The normalized spacial score (nSPS) is 10.8. The molecular weight excluding hydrogens is 356 g/mol. The molecule has 0 unspecified atom stereocenters. The van der Waals surface area contributed by atoms with E-state index < -0.39 is 5.97 Å². The number of hydrogen-bond donors (Lipinski definition) is 2. The number of methoxy groups -OCH3 is 1. The van der Waals surface area contributed by atoms with Gasteiger partial charge in [-0.15, -0.1) is 0 Å². The summed E-state index contributed by atoms with van der Waals surface area (Å²) in [6.45, 7) is 0. The summed E-state index contributed by atoms with van der Waals surface area (Å²) >= 11 is 0. The Labute approximate surface area is 160 Å². The van der Waals surface area contributed by atoms with Crippen molar-refractivity contribution in [1.82, 2.24) is 9.97 Å². The summed E-state index contributed by atoms with van der Waals surface area (Å²) < 4.78 is 5.26. The number of ether oxygens (including phenoxy) is 1. The van der Waals surface area contributed by atoms with Crippen molar-refractivity contribution in [1.29, 1.82) is 0 Å². The summed E-state index contributed by atoms with van der Waals surface area (Å²) in [4.78, 5) is 31.5. The maximum Gasteiger partial charge on any atom is 0.335 e. The van der Waals surface area contributed by atoms with Crippen LogP contribution in [-0.2, 0) is 0 Å². The third-order valence-electron chi connectivity index (χ3n) is 4.50. The van der Waals surface area contributed by atoms with E-state index in [1.54, 1.807) is 54.6 Å². The highest BCUT2D eigenvalue weighted by Gasteiger charge is 2.15. The molecule has 0 aliphatic heterocycles. The summed E-state index contributed by atoms with van der Waals surface area (Å²) in [6, 6.07) is 18.9. The molecule has 4 aromatic rings. The Balaban J connectivity index is 1.65. The second-order valence-corrected chi connectivity index (χ2v) is 6.23. The number of aromatic nitrogens is 2. The zero-order valence-corrected chi connectivity index (χ0v) is 15.0. The number of carbonyl (C=O) groups is 2. The molecule has 1 aromatic heterocycles. The van der Waals surface area contributed by atoms with Gasteiger partial charge in [-0.1, -0.05) is 36.4 Å². The number of aromatic amines is 1. The van der Waals surface area contributed by atoms with Crippen molar-refractivity contribution >= 4 is 22.8 Å². The molecule has 4 rings (SSSR count). The van der Waals surface area contributed by atoms with E-state index >= 15 is 0 Å². The quantitative estimate of drug-likeness (QED) is 0.513.